The first-order chi connectivity index (χ1) is 9.79. The molecule has 0 atom stereocenters. The average molecular weight is 327 g/mol. The van der Waals surface area contributed by atoms with E-state index in [0.717, 1.165) is 12.3 Å². The fourth-order valence-electron chi connectivity index (χ4n) is 1.57. The first-order valence-electron chi connectivity index (χ1n) is 5.78. The number of aromatic nitrogens is 1. The van der Waals surface area contributed by atoms with Crippen molar-refractivity contribution in [1.82, 2.24) is 4.98 Å². The van der Waals surface area contributed by atoms with Crippen LogP contribution in [0.5, 0.6) is 0 Å². The Bertz CT molecular complexity index is 788. The van der Waals surface area contributed by atoms with Crippen molar-refractivity contribution in [1.29, 1.82) is 0 Å². The maximum Gasteiger partial charge on any atom is 0.337 e. The third kappa shape index (κ3) is 3.50. The van der Waals surface area contributed by atoms with Crippen LogP contribution in [0.3, 0.4) is 0 Å². The molecule has 6 nitrogen and oxygen atoms in total. The molecule has 2 rings (SSSR count). The average Bonchev–Trinajstić information content (AvgIpc) is 2.43. The van der Waals surface area contributed by atoms with E-state index in [1.54, 1.807) is 19.1 Å². The standard InChI is InChI=1S/C13H11ClN2O4S/c1-8-2-4-10(14)6-11(8)16-21(19,20)12-5-3-9(7-15-12)13(17)18/h2-7,16H,1H3,(H,17,18). The summed E-state index contributed by atoms with van der Waals surface area (Å²) >= 11 is 5.83. The maximum atomic E-state index is 12.2. The van der Waals surface area contributed by atoms with Crippen LogP contribution < -0.4 is 4.72 Å². The summed E-state index contributed by atoms with van der Waals surface area (Å²) in [6, 6.07) is 7.12. The normalized spacial score (nSPS) is 11.1. The molecule has 0 radical (unpaired) electrons. The lowest BCUT2D eigenvalue weighted by Gasteiger charge is -2.10. The van der Waals surface area contributed by atoms with E-state index in [4.69, 9.17) is 16.7 Å². The quantitative estimate of drug-likeness (QED) is 0.900. The number of pyridine rings is 1. The SMILES string of the molecule is Cc1ccc(Cl)cc1NS(=O)(=O)c1ccc(C(=O)O)cn1. The van der Waals surface area contributed by atoms with E-state index in [1.165, 1.54) is 12.1 Å². The number of carbonyl (C=O) groups is 1. The van der Waals surface area contributed by atoms with E-state index < -0.39 is 16.0 Å². The number of sulfonamides is 1. The van der Waals surface area contributed by atoms with Crippen LogP contribution in [-0.4, -0.2) is 24.5 Å². The number of anilines is 1. The number of aromatic carboxylic acids is 1. The Hall–Kier alpha value is -2.12. The van der Waals surface area contributed by atoms with Crippen molar-refractivity contribution in [3.8, 4) is 0 Å². The number of nitrogens with one attached hydrogen (secondary N) is 1. The molecule has 0 aliphatic heterocycles. The van der Waals surface area contributed by atoms with Gasteiger partial charge in [0.1, 0.15) is 0 Å². The smallest absolute Gasteiger partial charge is 0.337 e. The van der Waals surface area contributed by atoms with Gasteiger partial charge in [-0.1, -0.05) is 17.7 Å². The van der Waals surface area contributed by atoms with Crippen LogP contribution in [0.2, 0.25) is 5.02 Å². The van der Waals surface area contributed by atoms with Crippen molar-refractivity contribution < 1.29 is 18.3 Å². The minimum atomic E-state index is -3.91. The Kier molecular flexibility index (Phi) is 4.15. The highest BCUT2D eigenvalue weighted by Crippen LogP contribution is 2.22. The summed E-state index contributed by atoms with van der Waals surface area (Å²) in [5, 5.41) is 8.89. The molecule has 0 aliphatic carbocycles. The van der Waals surface area contributed by atoms with Crippen LogP contribution in [0.4, 0.5) is 5.69 Å². The Morgan fingerprint density at radius 1 is 1.29 bits per heavy atom. The van der Waals surface area contributed by atoms with Crippen molar-refractivity contribution in [3.05, 3.63) is 52.7 Å². The van der Waals surface area contributed by atoms with Crippen molar-refractivity contribution >= 4 is 33.3 Å². The van der Waals surface area contributed by atoms with Gasteiger partial charge in [-0.3, -0.25) is 4.72 Å². The first-order valence-corrected chi connectivity index (χ1v) is 7.64. The highest BCUT2D eigenvalue weighted by Gasteiger charge is 2.17. The van der Waals surface area contributed by atoms with Gasteiger partial charge in [-0.05, 0) is 36.8 Å². The number of nitrogens with zero attached hydrogens (tertiary/aromatic N) is 1. The summed E-state index contributed by atoms with van der Waals surface area (Å²) < 4.78 is 26.7. The predicted octanol–water partition coefficient (Wildman–Crippen LogP) is 2.54. The van der Waals surface area contributed by atoms with Gasteiger partial charge in [-0.25, -0.2) is 9.78 Å². The largest absolute Gasteiger partial charge is 0.478 e. The number of carboxylic acid groups (broad SMARTS) is 1. The number of benzene rings is 1. The van der Waals surface area contributed by atoms with E-state index >= 15 is 0 Å². The Morgan fingerprint density at radius 3 is 2.57 bits per heavy atom. The van der Waals surface area contributed by atoms with Crippen LogP contribution in [0, 0.1) is 6.92 Å². The van der Waals surface area contributed by atoms with Gasteiger partial charge in [0.05, 0.1) is 11.3 Å². The summed E-state index contributed by atoms with van der Waals surface area (Å²) in [4.78, 5) is 14.4. The number of carboxylic acids is 1. The summed E-state index contributed by atoms with van der Waals surface area (Å²) in [5.41, 5.74) is 0.949. The Labute approximate surface area is 126 Å². The molecule has 21 heavy (non-hydrogen) atoms. The summed E-state index contributed by atoms with van der Waals surface area (Å²) in [6.07, 6.45) is 0.988. The second-order valence-electron chi connectivity index (χ2n) is 4.26. The molecule has 0 saturated heterocycles. The van der Waals surface area contributed by atoms with Crippen LogP contribution >= 0.6 is 11.6 Å². The second kappa shape index (κ2) is 5.71. The van der Waals surface area contributed by atoms with Crippen LogP contribution in [0.25, 0.3) is 0 Å². The predicted molar refractivity (Wildman–Crippen MR) is 78.2 cm³/mol. The molecule has 0 saturated carbocycles. The van der Waals surface area contributed by atoms with Gasteiger partial charge >= 0.3 is 5.97 Å². The molecule has 1 aromatic heterocycles. The molecule has 0 spiro atoms. The molecule has 2 N–H and O–H groups in total. The molecule has 1 heterocycles. The topological polar surface area (TPSA) is 96.4 Å². The number of aryl methyl sites for hydroxylation is 1. The minimum Gasteiger partial charge on any atom is -0.478 e. The maximum absolute atomic E-state index is 12.2. The third-order valence-corrected chi connectivity index (χ3v) is 4.22. The Balaban J connectivity index is 2.34. The monoisotopic (exact) mass is 326 g/mol. The van der Waals surface area contributed by atoms with Gasteiger partial charge in [0.25, 0.3) is 10.0 Å². The fourth-order valence-corrected chi connectivity index (χ4v) is 2.79. The zero-order valence-corrected chi connectivity index (χ0v) is 12.4. The lowest BCUT2D eigenvalue weighted by atomic mass is 10.2. The number of rotatable bonds is 4. The molecule has 110 valence electrons. The van der Waals surface area contributed by atoms with Crippen LogP contribution in [-0.2, 0) is 10.0 Å². The second-order valence-corrected chi connectivity index (χ2v) is 6.32. The molecule has 8 heteroatoms. The van der Waals surface area contributed by atoms with Crippen LogP contribution in [0.15, 0.2) is 41.6 Å². The summed E-state index contributed by atoms with van der Waals surface area (Å²) in [7, 11) is -3.91. The van der Waals surface area contributed by atoms with Crippen molar-refractivity contribution in [2.75, 3.05) is 4.72 Å². The van der Waals surface area contributed by atoms with E-state index in [1.807, 2.05) is 0 Å². The summed E-state index contributed by atoms with van der Waals surface area (Å²) in [5.74, 6) is -1.18. The molecule has 0 fully saturated rings. The highest BCUT2D eigenvalue weighted by atomic mass is 35.5. The van der Waals surface area contributed by atoms with Crippen molar-refractivity contribution in [3.63, 3.8) is 0 Å². The zero-order valence-electron chi connectivity index (χ0n) is 10.9. The summed E-state index contributed by atoms with van der Waals surface area (Å²) in [6.45, 7) is 1.73. The third-order valence-electron chi connectivity index (χ3n) is 2.70. The molecule has 2 aromatic rings. The molecule has 0 bridgehead atoms. The highest BCUT2D eigenvalue weighted by molar-refractivity contribution is 7.92. The first kappa shape index (κ1) is 15.3. The van der Waals surface area contributed by atoms with Crippen molar-refractivity contribution in [2.24, 2.45) is 0 Å². The van der Waals surface area contributed by atoms with Gasteiger partial charge in [-0.15, -0.1) is 0 Å². The molecule has 0 aliphatic rings. The van der Waals surface area contributed by atoms with Crippen LogP contribution in [0.1, 0.15) is 15.9 Å². The van der Waals surface area contributed by atoms with E-state index in [2.05, 4.69) is 9.71 Å². The van der Waals surface area contributed by atoms with Gasteiger partial charge in [-0.2, -0.15) is 8.42 Å². The molecule has 1 aromatic carbocycles. The number of halogens is 1. The van der Waals surface area contributed by atoms with Gasteiger partial charge in [0.15, 0.2) is 5.03 Å². The Morgan fingerprint density at radius 2 is 2.00 bits per heavy atom. The lowest BCUT2D eigenvalue weighted by Crippen LogP contribution is -2.15. The zero-order chi connectivity index (χ0) is 15.6. The van der Waals surface area contributed by atoms with Gasteiger partial charge in [0.2, 0.25) is 0 Å². The minimum absolute atomic E-state index is 0.0899. The van der Waals surface area contributed by atoms with Crippen molar-refractivity contribution in [2.45, 2.75) is 11.9 Å². The van der Waals surface area contributed by atoms with E-state index in [0.29, 0.717) is 16.3 Å². The molecule has 0 unspecified atom stereocenters. The molecular weight excluding hydrogens is 316 g/mol. The fraction of sp³-hybridized carbons (Fsp3) is 0.0769. The van der Waals surface area contributed by atoms with Gasteiger partial charge in [0, 0.05) is 11.2 Å². The van der Waals surface area contributed by atoms with E-state index in [9.17, 15) is 13.2 Å². The lowest BCUT2D eigenvalue weighted by molar-refractivity contribution is 0.0696. The number of hydrogen-bond acceptors (Lipinski definition) is 4. The number of hydrogen-bond donors (Lipinski definition) is 2. The molecular formula is C13H11ClN2O4S. The van der Waals surface area contributed by atoms with E-state index in [-0.39, 0.29) is 10.6 Å². The molecule has 0 amide bonds. The van der Waals surface area contributed by atoms with Gasteiger partial charge < -0.3 is 5.11 Å².